The third-order valence-electron chi connectivity index (χ3n) is 5.94. The summed E-state index contributed by atoms with van der Waals surface area (Å²) in [6, 6.07) is 15.2. The number of amides is 1. The van der Waals surface area contributed by atoms with Gasteiger partial charge in [0.2, 0.25) is 5.91 Å². The minimum Gasteiger partial charge on any atom is -0.421 e. The molecular formula is C24H29N3O3. The van der Waals surface area contributed by atoms with E-state index in [4.69, 9.17) is 4.74 Å². The van der Waals surface area contributed by atoms with Gasteiger partial charge in [-0.2, -0.15) is 0 Å². The highest BCUT2D eigenvalue weighted by atomic mass is 16.5. The van der Waals surface area contributed by atoms with Gasteiger partial charge in [-0.1, -0.05) is 18.2 Å². The first-order valence-electron chi connectivity index (χ1n) is 10.8. The second-order valence-corrected chi connectivity index (χ2v) is 7.95. The van der Waals surface area contributed by atoms with Gasteiger partial charge in [0.25, 0.3) is 0 Å². The quantitative estimate of drug-likeness (QED) is 0.573. The van der Waals surface area contributed by atoms with Crippen molar-refractivity contribution < 1.29 is 14.3 Å². The van der Waals surface area contributed by atoms with Gasteiger partial charge in [0.1, 0.15) is 0 Å². The highest BCUT2D eigenvalue weighted by Gasteiger charge is 2.24. The zero-order valence-corrected chi connectivity index (χ0v) is 17.5. The Kier molecular flexibility index (Phi) is 6.21. The van der Waals surface area contributed by atoms with Crippen LogP contribution in [0, 0.1) is 0 Å². The van der Waals surface area contributed by atoms with Crippen molar-refractivity contribution in [2.75, 3.05) is 49.1 Å². The zero-order valence-electron chi connectivity index (χ0n) is 17.5. The average molecular weight is 408 g/mol. The number of piperidine rings is 1. The van der Waals surface area contributed by atoms with Crippen LogP contribution in [0.25, 0.3) is 0 Å². The second kappa shape index (κ2) is 9.20. The monoisotopic (exact) mass is 407 g/mol. The van der Waals surface area contributed by atoms with Crippen molar-refractivity contribution in [1.29, 1.82) is 0 Å². The summed E-state index contributed by atoms with van der Waals surface area (Å²) in [7, 11) is 0. The smallest absolute Gasteiger partial charge is 0.343 e. The predicted molar refractivity (Wildman–Crippen MR) is 118 cm³/mol. The Bertz CT molecular complexity index is 886. The Balaban J connectivity index is 1.59. The Morgan fingerprint density at radius 1 is 0.800 bits per heavy atom. The summed E-state index contributed by atoms with van der Waals surface area (Å²) in [4.78, 5) is 30.9. The Morgan fingerprint density at radius 3 is 2.17 bits per heavy atom. The molecule has 0 bridgehead atoms. The van der Waals surface area contributed by atoms with E-state index in [2.05, 4.69) is 15.9 Å². The molecule has 0 aliphatic carbocycles. The summed E-state index contributed by atoms with van der Waals surface area (Å²) in [5.41, 5.74) is 2.62. The van der Waals surface area contributed by atoms with E-state index < -0.39 is 0 Å². The standard InChI is InChI=1S/C24H29N3O3/c1-19(28)25-14-16-27(17-15-25)22-18-21(26-12-6-3-7-13-26)10-11-23(22)30-24(29)20-8-4-2-5-9-20/h2,4-5,8-11,18H,3,6-7,12-17H2,1H3. The highest BCUT2D eigenvalue weighted by Crippen LogP contribution is 2.35. The number of ether oxygens (including phenoxy) is 1. The fourth-order valence-electron chi connectivity index (χ4n) is 4.18. The van der Waals surface area contributed by atoms with Gasteiger partial charge in [-0.05, 0) is 49.6 Å². The largest absolute Gasteiger partial charge is 0.421 e. The molecule has 158 valence electrons. The summed E-state index contributed by atoms with van der Waals surface area (Å²) in [6.45, 7) is 6.52. The number of carbonyl (C=O) groups is 2. The molecule has 0 aromatic heterocycles. The van der Waals surface area contributed by atoms with Crippen molar-refractivity contribution in [2.24, 2.45) is 0 Å². The lowest BCUT2D eigenvalue weighted by atomic mass is 10.1. The number of nitrogens with zero attached hydrogens (tertiary/aromatic N) is 3. The van der Waals surface area contributed by atoms with E-state index in [1.165, 1.54) is 24.9 Å². The first-order chi connectivity index (χ1) is 14.6. The topological polar surface area (TPSA) is 53.1 Å². The molecule has 2 aliphatic rings. The number of rotatable bonds is 4. The number of benzene rings is 2. The van der Waals surface area contributed by atoms with Crippen LogP contribution in [0.5, 0.6) is 5.75 Å². The first-order valence-corrected chi connectivity index (χ1v) is 10.8. The third kappa shape index (κ3) is 4.58. The predicted octanol–water partition coefficient (Wildman–Crippen LogP) is 3.56. The normalized spacial score (nSPS) is 17.0. The van der Waals surface area contributed by atoms with Crippen LogP contribution < -0.4 is 14.5 Å². The van der Waals surface area contributed by atoms with E-state index in [0.717, 1.165) is 31.9 Å². The molecule has 4 rings (SSSR count). The van der Waals surface area contributed by atoms with Gasteiger partial charge in [0.05, 0.1) is 11.3 Å². The van der Waals surface area contributed by atoms with E-state index in [1.807, 2.05) is 35.2 Å². The van der Waals surface area contributed by atoms with Crippen LogP contribution in [-0.4, -0.2) is 56.0 Å². The molecule has 0 saturated carbocycles. The summed E-state index contributed by atoms with van der Waals surface area (Å²) in [5.74, 6) is 0.318. The van der Waals surface area contributed by atoms with Gasteiger partial charge in [-0.3, -0.25) is 4.79 Å². The maximum atomic E-state index is 12.7. The van der Waals surface area contributed by atoms with Crippen LogP contribution in [0.2, 0.25) is 0 Å². The van der Waals surface area contributed by atoms with Crippen molar-refractivity contribution in [3.63, 3.8) is 0 Å². The Labute approximate surface area is 178 Å². The molecule has 2 heterocycles. The lowest BCUT2D eigenvalue weighted by Crippen LogP contribution is -2.48. The van der Waals surface area contributed by atoms with Gasteiger partial charge in [-0.15, -0.1) is 0 Å². The van der Waals surface area contributed by atoms with Crippen LogP contribution in [0.1, 0.15) is 36.5 Å². The molecule has 6 nitrogen and oxygen atoms in total. The number of esters is 1. The summed E-state index contributed by atoms with van der Waals surface area (Å²) < 4.78 is 5.82. The van der Waals surface area contributed by atoms with Crippen molar-refractivity contribution >= 4 is 23.3 Å². The molecule has 30 heavy (non-hydrogen) atoms. The molecule has 2 aromatic rings. The number of piperazine rings is 1. The van der Waals surface area contributed by atoms with Crippen molar-refractivity contribution in [1.82, 2.24) is 4.90 Å². The van der Waals surface area contributed by atoms with E-state index >= 15 is 0 Å². The molecule has 2 aliphatic heterocycles. The van der Waals surface area contributed by atoms with Crippen molar-refractivity contribution in [3.05, 3.63) is 54.1 Å². The number of carbonyl (C=O) groups excluding carboxylic acids is 2. The Morgan fingerprint density at radius 2 is 1.50 bits per heavy atom. The van der Waals surface area contributed by atoms with Gasteiger partial charge in [0.15, 0.2) is 5.75 Å². The maximum absolute atomic E-state index is 12.7. The SMILES string of the molecule is CC(=O)N1CCN(c2cc(N3CCCCC3)ccc2OC(=O)c2ccccc2)CC1. The van der Waals surface area contributed by atoms with E-state index in [1.54, 1.807) is 19.1 Å². The van der Waals surface area contributed by atoms with Crippen LogP contribution in [0.4, 0.5) is 11.4 Å². The lowest BCUT2D eigenvalue weighted by Gasteiger charge is -2.37. The highest BCUT2D eigenvalue weighted by molar-refractivity contribution is 5.92. The third-order valence-corrected chi connectivity index (χ3v) is 5.94. The number of anilines is 2. The molecule has 2 saturated heterocycles. The molecule has 0 atom stereocenters. The molecule has 6 heteroatoms. The van der Waals surface area contributed by atoms with Gasteiger partial charge < -0.3 is 19.4 Å². The van der Waals surface area contributed by atoms with Crippen molar-refractivity contribution in [3.8, 4) is 5.75 Å². The minimum absolute atomic E-state index is 0.104. The number of hydrogen-bond donors (Lipinski definition) is 0. The summed E-state index contributed by atoms with van der Waals surface area (Å²) in [6.07, 6.45) is 3.69. The average Bonchev–Trinajstić information content (AvgIpc) is 2.80. The Hall–Kier alpha value is -3.02. The van der Waals surface area contributed by atoms with Crippen LogP contribution in [-0.2, 0) is 4.79 Å². The van der Waals surface area contributed by atoms with Crippen LogP contribution >= 0.6 is 0 Å². The van der Waals surface area contributed by atoms with Crippen LogP contribution in [0.15, 0.2) is 48.5 Å². The van der Waals surface area contributed by atoms with Gasteiger partial charge >= 0.3 is 5.97 Å². The van der Waals surface area contributed by atoms with Gasteiger partial charge in [-0.25, -0.2) is 4.79 Å². The zero-order chi connectivity index (χ0) is 20.9. The molecule has 0 unspecified atom stereocenters. The maximum Gasteiger partial charge on any atom is 0.343 e. The molecule has 2 aromatic carbocycles. The van der Waals surface area contributed by atoms with E-state index in [-0.39, 0.29) is 11.9 Å². The second-order valence-electron chi connectivity index (χ2n) is 7.95. The fourth-order valence-corrected chi connectivity index (χ4v) is 4.18. The molecule has 0 spiro atoms. The minimum atomic E-state index is -0.357. The summed E-state index contributed by atoms with van der Waals surface area (Å²) >= 11 is 0. The lowest BCUT2D eigenvalue weighted by molar-refractivity contribution is -0.129. The molecule has 0 N–H and O–H groups in total. The van der Waals surface area contributed by atoms with Crippen molar-refractivity contribution in [2.45, 2.75) is 26.2 Å². The molecular weight excluding hydrogens is 378 g/mol. The van der Waals surface area contributed by atoms with Crippen LogP contribution in [0.3, 0.4) is 0 Å². The fraction of sp³-hybridized carbons (Fsp3) is 0.417. The number of hydrogen-bond acceptors (Lipinski definition) is 5. The molecule has 1 amide bonds. The molecule has 0 radical (unpaired) electrons. The van der Waals surface area contributed by atoms with E-state index in [0.29, 0.717) is 24.4 Å². The van der Waals surface area contributed by atoms with E-state index in [9.17, 15) is 9.59 Å². The van der Waals surface area contributed by atoms with Gasteiger partial charge in [0, 0.05) is 51.9 Å². The summed E-state index contributed by atoms with van der Waals surface area (Å²) in [5, 5.41) is 0. The first kappa shape index (κ1) is 20.3. The molecule has 2 fully saturated rings.